The van der Waals surface area contributed by atoms with Crippen molar-refractivity contribution in [1.82, 2.24) is 4.90 Å². The van der Waals surface area contributed by atoms with E-state index >= 15 is 0 Å². The number of amides is 2. The second kappa shape index (κ2) is 11.7. The molecule has 2 amide bonds. The Morgan fingerprint density at radius 1 is 0.900 bits per heavy atom. The molecule has 0 bridgehead atoms. The highest BCUT2D eigenvalue weighted by Gasteiger charge is 2.43. The van der Waals surface area contributed by atoms with Crippen molar-refractivity contribution in [2.45, 2.75) is 12.5 Å². The molecule has 0 aromatic heterocycles. The average molecular weight is 546 g/mol. The minimum atomic E-state index is -0.701. The molecular formula is C30H28FN3O6. The molecule has 0 radical (unpaired) electrons. The summed E-state index contributed by atoms with van der Waals surface area (Å²) in [7, 11) is 1.49. The summed E-state index contributed by atoms with van der Waals surface area (Å²) in [6.07, 6.45) is 0.0503. The van der Waals surface area contributed by atoms with Crippen molar-refractivity contribution >= 4 is 34.9 Å². The summed E-state index contributed by atoms with van der Waals surface area (Å²) in [5, 5.41) is 0. The van der Waals surface area contributed by atoms with Gasteiger partial charge in [0.2, 0.25) is 5.91 Å². The van der Waals surface area contributed by atoms with Crippen LogP contribution in [0.1, 0.15) is 27.1 Å². The van der Waals surface area contributed by atoms with Crippen LogP contribution in [0.25, 0.3) is 0 Å². The molecule has 206 valence electrons. The summed E-state index contributed by atoms with van der Waals surface area (Å²) in [5.41, 5.74) is 1.42. The number of ketones is 1. The standard InChI is InChI=1S/C30H28FN3O6/c1-39-23-6-4-5-21(17-23)27(35)19-40-30(38)20-9-11-22(12-10-20)34-28(36)18-26(29(34)37)33-15-13-32(14-16-33)25-8-3-2-7-24(25)31/h2-12,17,26H,13-16,18-19H2,1H3. The van der Waals surface area contributed by atoms with Crippen LogP contribution in [-0.4, -0.2) is 74.4 Å². The number of carbonyl (C=O) groups is 4. The van der Waals surface area contributed by atoms with E-state index < -0.39 is 18.6 Å². The molecular weight excluding hydrogens is 517 g/mol. The van der Waals surface area contributed by atoms with Gasteiger partial charge in [0.05, 0.1) is 36.5 Å². The zero-order valence-electron chi connectivity index (χ0n) is 21.9. The summed E-state index contributed by atoms with van der Waals surface area (Å²) in [6.45, 7) is 1.67. The van der Waals surface area contributed by atoms with Gasteiger partial charge in [-0.3, -0.25) is 19.3 Å². The second-order valence-electron chi connectivity index (χ2n) is 9.54. The molecule has 5 rings (SSSR count). The van der Waals surface area contributed by atoms with E-state index in [1.807, 2.05) is 9.80 Å². The third-order valence-electron chi connectivity index (χ3n) is 7.16. The van der Waals surface area contributed by atoms with E-state index in [-0.39, 0.29) is 35.4 Å². The van der Waals surface area contributed by atoms with Gasteiger partial charge in [-0.15, -0.1) is 0 Å². The molecule has 3 aromatic carbocycles. The maximum absolute atomic E-state index is 14.2. The normalized spacial score (nSPS) is 17.7. The number of methoxy groups -OCH3 is 1. The summed E-state index contributed by atoms with van der Waals surface area (Å²) >= 11 is 0. The molecule has 0 saturated carbocycles. The van der Waals surface area contributed by atoms with Crippen molar-refractivity contribution < 1.29 is 33.0 Å². The minimum absolute atomic E-state index is 0.0503. The molecule has 0 aliphatic carbocycles. The fraction of sp³-hybridized carbons (Fsp3) is 0.267. The molecule has 40 heavy (non-hydrogen) atoms. The molecule has 2 aliphatic heterocycles. The molecule has 1 unspecified atom stereocenters. The molecule has 2 heterocycles. The first-order chi connectivity index (χ1) is 19.4. The molecule has 2 aliphatic rings. The van der Waals surface area contributed by atoms with Crippen LogP contribution in [0.4, 0.5) is 15.8 Å². The Kier molecular flexibility index (Phi) is 7.88. The van der Waals surface area contributed by atoms with Gasteiger partial charge in [0.1, 0.15) is 11.6 Å². The van der Waals surface area contributed by atoms with E-state index in [9.17, 15) is 23.6 Å². The van der Waals surface area contributed by atoms with Crippen LogP contribution in [0.5, 0.6) is 5.75 Å². The fourth-order valence-corrected chi connectivity index (χ4v) is 5.00. The minimum Gasteiger partial charge on any atom is -0.497 e. The number of Topliss-reactive ketones (excluding diaryl/α,β-unsaturated/α-hetero) is 1. The van der Waals surface area contributed by atoms with Crippen molar-refractivity contribution in [3.05, 3.63) is 89.7 Å². The van der Waals surface area contributed by atoms with Crippen molar-refractivity contribution in [3.8, 4) is 5.75 Å². The third-order valence-corrected chi connectivity index (χ3v) is 7.16. The SMILES string of the molecule is COc1cccc(C(=O)COC(=O)c2ccc(N3C(=O)CC(N4CCN(c5ccccc5F)CC4)C3=O)cc2)c1. The Morgan fingerprint density at radius 2 is 1.62 bits per heavy atom. The molecule has 2 fully saturated rings. The van der Waals surface area contributed by atoms with E-state index in [2.05, 4.69) is 0 Å². The third kappa shape index (κ3) is 5.57. The first-order valence-electron chi connectivity index (χ1n) is 12.9. The maximum Gasteiger partial charge on any atom is 0.338 e. The number of piperazine rings is 1. The zero-order chi connectivity index (χ0) is 28.2. The first kappa shape index (κ1) is 27.0. The largest absolute Gasteiger partial charge is 0.497 e. The fourth-order valence-electron chi connectivity index (χ4n) is 5.00. The molecule has 0 spiro atoms. The van der Waals surface area contributed by atoms with Gasteiger partial charge in [-0.05, 0) is 48.5 Å². The van der Waals surface area contributed by atoms with Gasteiger partial charge in [0.25, 0.3) is 5.91 Å². The molecule has 0 N–H and O–H groups in total. The van der Waals surface area contributed by atoms with Gasteiger partial charge in [0, 0.05) is 31.7 Å². The number of nitrogens with zero attached hydrogens (tertiary/aromatic N) is 3. The summed E-state index contributed by atoms with van der Waals surface area (Å²) in [4.78, 5) is 56.0. The van der Waals surface area contributed by atoms with E-state index in [1.165, 1.54) is 37.4 Å². The van der Waals surface area contributed by atoms with Crippen LogP contribution in [0.3, 0.4) is 0 Å². The topological polar surface area (TPSA) is 96.5 Å². The lowest BCUT2D eigenvalue weighted by Crippen LogP contribution is -2.52. The van der Waals surface area contributed by atoms with Crippen molar-refractivity contribution in [2.75, 3.05) is 49.7 Å². The number of carbonyl (C=O) groups excluding carboxylic acids is 4. The number of hydrogen-bond donors (Lipinski definition) is 0. The van der Waals surface area contributed by atoms with E-state index in [0.29, 0.717) is 48.9 Å². The highest BCUT2D eigenvalue weighted by atomic mass is 19.1. The van der Waals surface area contributed by atoms with Crippen LogP contribution in [0, 0.1) is 5.82 Å². The number of hydrogen-bond acceptors (Lipinski definition) is 8. The van der Waals surface area contributed by atoms with Crippen molar-refractivity contribution in [2.24, 2.45) is 0 Å². The number of rotatable bonds is 8. The lowest BCUT2D eigenvalue weighted by molar-refractivity contribution is -0.123. The van der Waals surface area contributed by atoms with Gasteiger partial charge in [-0.25, -0.2) is 14.1 Å². The smallest absolute Gasteiger partial charge is 0.338 e. The van der Waals surface area contributed by atoms with Crippen LogP contribution in [0.2, 0.25) is 0 Å². The lowest BCUT2D eigenvalue weighted by atomic mass is 10.1. The van der Waals surface area contributed by atoms with E-state index in [1.54, 1.807) is 42.5 Å². The van der Waals surface area contributed by atoms with Crippen LogP contribution in [-0.2, 0) is 14.3 Å². The number of benzene rings is 3. The summed E-state index contributed by atoms with van der Waals surface area (Å²) in [6, 6.07) is 18.5. The van der Waals surface area contributed by atoms with E-state index in [0.717, 1.165) is 4.90 Å². The number of esters is 1. The number of halogens is 1. The highest BCUT2D eigenvalue weighted by Crippen LogP contribution is 2.28. The summed E-state index contributed by atoms with van der Waals surface area (Å²) in [5.74, 6) is -1.50. The quantitative estimate of drug-likeness (QED) is 0.242. The highest BCUT2D eigenvalue weighted by molar-refractivity contribution is 6.22. The predicted octanol–water partition coefficient (Wildman–Crippen LogP) is 3.33. The first-order valence-corrected chi connectivity index (χ1v) is 12.9. The van der Waals surface area contributed by atoms with Gasteiger partial charge in [-0.1, -0.05) is 24.3 Å². The monoisotopic (exact) mass is 545 g/mol. The Balaban J connectivity index is 1.17. The Labute approximate surface area is 230 Å². The predicted molar refractivity (Wildman–Crippen MR) is 145 cm³/mol. The molecule has 2 saturated heterocycles. The molecule has 3 aromatic rings. The van der Waals surface area contributed by atoms with Crippen LogP contribution >= 0.6 is 0 Å². The van der Waals surface area contributed by atoms with Crippen LogP contribution < -0.4 is 14.5 Å². The number of imide groups is 1. The van der Waals surface area contributed by atoms with Crippen molar-refractivity contribution in [3.63, 3.8) is 0 Å². The Hall–Kier alpha value is -4.57. The lowest BCUT2D eigenvalue weighted by Gasteiger charge is -2.38. The average Bonchev–Trinajstić information content (AvgIpc) is 3.29. The maximum atomic E-state index is 14.2. The van der Waals surface area contributed by atoms with Crippen LogP contribution in [0.15, 0.2) is 72.8 Å². The number of ether oxygens (including phenoxy) is 2. The Morgan fingerprint density at radius 3 is 2.33 bits per heavy atom. The van der Waals surface area contributed by atoms with Gasteiger partial charge >= 0.3 is 5.97 Å². The molecule has 1 atom stereocenters. The molecule has 9 nitrogen and oxygen atoms in total. The van der Waals surface area contributed by atoms with Crippen molar-refractivity contribution in [1.29, 1.82) is 0 Å². The Bertz CT molecular complexity index is 1440. The number of para-hydroxylation sites is 1. The van der Waals surface area contributed by atoms with E-state index in [4.69, 9.17) is 9.47 Å². The second-order valence-corrected chi connectivity index (χ2v) is 9.54. The van der Waals surface area contributed by atoms with Gasteiger partial charge in [-0.2, -0.15) is 0 Å². The molecule has 10 heteroatoms. The van der Waals surface area contributed by atoms with Gasteiger partial charge in [0.15, 0.2) is 12.4 Å². The summed E-state index contributed by atoms with van der Waals surface area (Å²) < 4.78 is 24.4. The van der Waals surface area contributed by atoms with Gasteiger partial charge < -0.3 is 14.4 Å². The number of anilines is 2. The zero-order valence-corrected chi connectivity index (χ0v) is 21.9.